The lowest BCUT2D eigenvalue weighted by Gasteiger charge is -2.29. The molecular formula is C21H24N2O7. The number of ether oxygens (including phenoxy) is 3. The van der Waals surface area contributed by atoms with Gasteiger partial charge in [0.2, 0.25) is 0 Å². The normalized spacial score (nSPS) is 18.2. The van der Waals surface area contributed by atoms with Gasteiger partial charge in [-0.1, -0.05) is 30.3 Å². The average Bonchev–Trinajstić information content (AvgIpc) is 2.75. The number of rotatable bonds is 7. The van der Waals surface area contributed by atoms with Crippen molar-refractivity contribution in [3.8, 4) is 0 Å². The highest BCUT2D eigenvalue weighted by atomic mass is 16.5. The number of methoxy groups -OCH3 is 2. The molecule has 1 N–H and O–H groups in total. The molecule has 160 valence electrons. The molecule has 0 bridgehead atoms. The predicted molar refractivity (Wildman–Crippen MR) is 106 cm³/mol. The third-order valence-electron chi connectivity index (χ3n) is 4.62. The molecule has 1 aliphatic heterocycles. The summed E-state index contributed by atoms with van der Waals surface area (Å²) in [6.45, 7) is 2.77. The van der Waals surface area contributed by atoms with E-state index in [9.17, 15) is 19.2 Å². The highest BCUT2D eigenvalue weighted by Gasteiger charge is 2.46. The maximum Gasteiger partial charge on any atom is 0.336 e. The summed E-state index contributed by atoms with van der Waals surface area (Å²) in [5.74, 6) is -5.50. The van der Waals surface area contributed by atoms with Crippen molar-refractivity contribution < 1.29 is 33.4 Å². The van der Waals surface area contributed by atoms with Crippen LogP contribution in [-0.2, 0) is 39.9 Å². The number of amides is 1. The Kier molecular flexibility index (Phi) is 7.85. The van der Waals surface area contributed by atoms with Crippen molar-refractivity contribution in [1.29, 1.82) is 0 Å². The fourth-order valence-electron chi connectivity index (χ4n) is 3.17. The Bertz CT molecular complexity index is 890. The Morgan fingerprint density at radius 2 is 1.63 bits per heavy atom. The SMILES string of the molecule is COC(=O)C1=C(C)N=C(C)C(C(=O)OC)[C@@H]1C(=O)OCC(=O)NCc1ccccc1. The van der Waals surface area contributed by atoms with E-state index in [4.69, 9.17) is 14.2 Å². The second kappa shape index (κ2) is 10.3. The van der Waals surface area contributed by atoms with Gasteiger partial charge in [0.1, 0.15) is 11.8 Å². The first kappa shape index (κ1) is 22.8. The first-order valence-corrected chi connectivity index (χ1v) is 9.19. The van der Waals surface area contributed by atoms with E-state index in [-0.39, 0.29) is 17.8 Å². The van der Waals surface area contributed by atoms with E-state index in [1.165, 1.54) is 6.92 Å². The van der Waals surface area contributed by atoms with E-state index < -0.39 is 42.3 Å². The summed E-state index contributed by atoms with van der Waals surface area (Å²) < 4.78 is 14.6. The molecule has 2 atom stereocenters. The van der Waals surface area contributed by atoms with Gasteiger partial charge in [-0.05, 0) is 19.4 Å². The van der Waals surface area contributed by atoms with Crippen LogP contribution in [0.3, 0.4) is 0 Å². The second-order valence-electron chi connectivity index (χ2n) is 6.59. The van der Waals surface area contributed by atoms with Gasteiger partial charge in [-0.25, -0.2) is 4.79 Å². The lowest BCUT2D eigenvalue weighted by molar-refractivity contribution is -0.158. The smallest absolute Gasteiger partial charge is 0.336 e. The maximum atomic E-state index is 12.8. The minimum atomic E-state index is -1.33. The summed E-state index contributed by atoms with van der Waals surface area (Å²) >= 11 is 0. The molecular weight excluding hydrogens is 392 g/mol. The molecule has 30 heavy (non-hydrogen) atoms. The molecule has 0 aliphatic carbocycles. The van der Waals surface area contributed by atoms with Crippen LogP contribution >= 0.6 is 0 Å². The van der Waals surface area contributed by atoms with E-state index in [0.29, 0.717) is 5.71 Å². The zero-order chi connectivity index (χ0) is 22.3. The quantitative estimate of drug-likeness (QED) is 0.523. The van der Waals surface area contributed by atoms with Crippen LogP contribution in [-0.4, -0.2) is 50.4 Å². The van der Waals surface area contributed by atoms with Crippen molar-refractivity contribution in [3.63, 3.8) is 0 Å². The Morgan fingerprint density at radius 3 is 2.23 bits per heavy atom. The Hall–Kier alpha value is -3.49. The third-order valence-corrected chi connectivity index (χ3v) is 4.62. The van der Waals surface area contributed by atoms with E-state index >= 15 is 0 Å². The second-order valence-corrected chi connectivity index (χ2v) is 6.59. The number of carbonyl (C=O) groups is 4. The number of hydrogen-bond donors (Lipinski definition) is 1. The Labute approximate surface area is 174 Å². The standard InChI is InChI=1S/C21H24N2O7/c1-12-16(19(25)28-3)18(17(13(2)23-12)20(26)29-4)21(27)30-11-15(24)22-10-14-8-6-5-7-9-14/h5-9,16,18H,10-11H2,1-4H3,(H,22,24)/t16?,18-/m0/s1. The fraction of sp³-hybridized carbons (Fsp3) is 0.381. The van der Waals surface area contributed by atoms with Crippen molar-refractivity contribution in [2.45, 2.75) is 20.4 Å². The van der Waals surface area contributed by atoms with Gasteiger partial charge in [-0.15, -0.1) is 0 Å². The van der Waals surface area contributed by atoms with Crippen LogP contribution in [0.15, 0.2) is 46.6 Å². The van der Waals surface area contributed by atoms with Gasteiger partial charge in [-0.3, -0.25) is 19.4 Å². The topological polar surface area (TPSA) is 120 Å². The molecule has 9 heteroatoms. The number of nitrogens with zero attached hydrogens (tertiary/aromatic N) is 1. The van der Waals surface area contributed by atoms with E-state index in [2.05, 4.69) is 10.3 Å². The van der Waals surface area contributed by atoms with Gasteiger partial charge >= 0.3 is 17.9 Å². The molecule has 1 amide bonds. The fourth-order valence-corrected chi connectivity index (χ4v) is 3.17. The van der Waals surface area contributed by atoms with Gasteiger partial charge in [0.05, 0.1) is 19.8 Å². The van der Waals surface area contributed by atoms with Crippen molar-refractivity contribution >= 4 is 29.5 Å². The minimum absolute atomic E-state index is 0.104. The van der Waals surface area contributed by atoms with Crippen LogP contribution in [0.5, 0.6) is 0 Å². The lowest BCUT2D eigenvalue weighted by atomic mass is 9.80. The number of carbonyl (C=O) groups excluding carboxylic acids is 4. The summed E-state index contributed by atoms with van der Waals surface area (Å²) in [4.78, 5) is 53.6. The van der Waals surface area contributed by atoms with Crippen molar-refractivity contribution in [2.75, 3.05) is 20.8 Å². The summed E-state index contributed by atoms with van der Waals surface area (Å²) in [6.07, 6.45) is 0. The number of esters is 3. The molecule has 0 radical (unpaired) electrons. The zero-order valence-electron chi connectivity index (χ0n) is 17.3. The molecule has 0 spiro atoms. The van der Waals surface area contributed by atoms with Crippen molar-refractivity contribution in [2.24, 2.45) is 16.8 Å². The third kappa shape index (κ3) is 5.31. The molecule has 0 saturated carbocycles. The number of allylic oxidation sites excluding steroid dienone is 1. The molecule has 1 aliphatic rings. The van der Waals surface area contributed by atoms with Gasteiger partial charge in [0, 0.05) is 18.0 Å². The molecule has 1 heterocycles. The first-order valence-electron chi connectivity index (χ1n) is 9.19. The highest BCUT2D eigenvalue weighted by molar-refractivity contribution is 6.10. The Morgan fingerprint density at radius 1 is 0.967 bits per heavy atom. The molecule has 9 nitrogen and oxygen atoms in total. The molecule has 0 aromatic heterocycles. The van der Waals surface area contributed by atoms with Gasteiger partial charge < -0.3 is 19.5 Å². The van der Waals surface area contributed by atoms with Crippen molar-refractivity contribution in [3.05, 3.63) is 47.2 Å². The molecule has 0 fully saturated rings. The van der Waals surface area contributed by atoms with Gasteiger partial charge in [-0.2, -0.15) is 0 Å². The van der Waals surface area contributed by atoms with E-state index in [1.54, 1.807) is 6.92 Å². The summed E-state index contributed by atoms with van der Waals surface area (Å²) in [5, 5.41) is 2.63. The molecule has 0 saturated heterocycles. The molecule has 2 rings (SSSR count). The summed E-state index contributed by atoms with van der Waals surface area (Å²) in [7, 11) is 2.32. The van der Waals surface area contributed by atoms with E-state index in [1.807, 2.05) is 30.3 Å². The van der Waals surface area contributed by atoms with Gasteiger partial charge in [0.25, 0.3) is 5.91 Å². The largest absolute Gasteiger partial charge is 0.468 e. The van der Waals surface area contributed by atoms with Crippen LogP contribution < -0.4 is 5.32 Å². The maximum absolute atomic E-state index is 12.8. The average molecular weight is 416 g/mol. The number of benzene rings is 1. The molecule has 1 aromatic carbocycles. The van der Waals surface area contributed by atoms with Crippen LogP contribution in [0.1, 0.15) is 19.4 Å². The highest BCUT2D eigenvalue weighted by Crippen LogP contribution is 2.33. The summed E-state index contributed by atoms with van der Waals surface area (Å²) in [6, 6.07) is 9.21. The van der Waals surface area contributed by atoms with Crippen LogP contribution in [0.2, 0.25) is 0 Å². The lowest BCUT2D eigenvalue weighted by Crippen LogP contribution is -2.43. The summed E-state index contributed by atoms with van der Waals surface area (Å²) in [5.41, 5.74) is 1.30. The number of nitrogens with one attached hydrogen (secondary N) is 1. The number of hydrogen-bond acceptors (Lipinski definition) is 8. The number of aliphatic imine (C=N–C) groups is 1. The minimum Gasteiger partial charge on any atom is -0.468 e. The van der Waals surface area contributed by atoms with Crippen molar-refractivity contribution in [1.82, 2.24) is 5.32 Å². The predicted octanol–water partition coefficient (Wildman–Crippen LogP) is 1.17. The Balaban J connectivity index is 2.14. The van der Waals surface area contributed by atoms with Crippen LogP contribution in [0, 0.1) is 11.8 Å². The monoisotopic (exact) mass is 416 g/mol. The van der Waals surface area contributed by atoms with E-state index in [0.717, 1.165) is 19.8 Å². The first-order chi connectivity index (χ1) is 14.3. The van der Waals surface area contributed by atoms with Crippen LogP contribution in [0.4, 0.5) is 0 Å². The molecule has 1 unspecified atom stereocenters. The van der Waals surface area contributed by atoms with Crippen LogP contribution in [0.25, 0.3) is 0 Å². The van der Waals surface area contributed by atoms with Gasteiger partial charge in [0.15, 0.2) is 6.61 Å². The zero-order valence-corrected chi connectivity index (χ0v) is 17.3. The molecule has 1 aromatic rings.